The van der Waals surface area contributed by atoms with Crippen LogP contribution >= 0.6 is 0 Å². The molecule has 1 atom stereocenters. The molecule has 2 aliphatic rings. The van der Waals surface area contributed by atoms with E-state index in [2.05, 4.69) is 26.2 Å². The zero-order valence-corrected chi connectivity index (χ0v) is 21.7. The average molecular weight is 565 g/mol. The van der Waals surface area contributed by atoms with E-state index in [0.29, 0.717) is 11.5 Å². The van der Waals surface area contributed by atoms with E-state index in [1.54, 1.807) is 18.3 Å². The first kappa shape index (κ1) is 26.3. The van der Waals surface area contributed by atoms with Crippen LogP contribution in [0, 0.1) is 11.6 Å². The smallest absolute Gasteiger partial charge is 0.414 e. The number of hydrogen-bond acceptors (Lipinski definition) is 9. The number of carbonyl (C=O) groups excluding carboxylic acids is 2. The monoisotopic (exact) mass is 564 g/mol. The van der Waals surface area contributed by atoms with E-state index >= 15 is 8.78 Å². The number of aromatic nitrogens is 2. The molecule has 3 N–H and O–H groups in total. The van der Waals surface area contributed by atoms with Crippen LogP contribution in [0.25, 0.3) is 10.9 Å². The Balaban J connectivity index is 1.09. The Hall–Kier alpha value is -4.98. The highest BCUT2D eigenvalue weighted by Gasteiger charge is 2.34. The first-order valence-corrected chi connectivity index (χ1v) is 13.0. The summed E-state index contributed by atoms with van der Waals surface area (Å²) >= 11 is 0. The molecule has 2 fully saturated rings. The van der Waals surface area contributed by atoms with Gasteiger partial charge in [-0.15, -0.1) is 0 Å². The van der Waals surface area contributed by atoms with Gasteiger partial charge in [-0.3, -0.25) is 14.9 Å². The highest BCUT2D eigenvalue weighted by Crippen LogP contribution is 2.31. The third-order valence-corrected chi connectivity index (χ3v) is 6.83. The Morgan fingerprint density at radius 2 is 1.95 bits per heavy atom. The highest BCUT2D eigenvalue weighted by molar-refractivity contribution is 5.92. The Morgan fingerprint density at radius 3 is 2.76 bits per heavy atom. The lowest BCUT2D eigenvalue weighted by Gasteiger charge is -2.25. The van der Waals surface area contributed by atoms with Crippen molar-refractivity contribution in [1.29, 1.82) is 0 Å². The van der Waals surface area contributed by atoms with Gasteiger partial charge < -0.3 is 24.8 Å². The molecule has 14 heteroatoms. The Kier molecular flexibility index (Phi) is 7.20. The number of fused-ring (bicyclic) bond motifs is 1. The largest absolute Gasteiger partial charge is 0.442 e. The number of hydrazine groups is 1. The van der Waals surface area contributed by atoms with Crippen LogP contribution in [0.3, 0.4) is 0 Å². The zero-order valence-electron chi connectivity index (χ0n) is 21.7. The molecule has 41 heavy (non-hydrogen) atoms. The first-order valence-electron chi connectivity index (χ1n) is 13.0. The number of anilines is 4. The Morgan fingerprint density at radius 1 is 1.10 bits per heavy atom. The molecule has 12 nitrogen and oxygen atoms in total. The fourth-order valence-electron chi connectivity index (χ4n) is 4.84. The number of cyclic esters (lactones) is 1. The molecule has 4 aromatic rings. The van der Waals surface area contributed by atoms with Crippen molar-refractivity contribution in [3.05, 3.63) is 72.6 Å². The van der Waals surface area contributed by atoms with Crippen molar-refractivity contribution in [2.24, 2.45) is 0 Å². The summed E-state index contributed by atoms with van der Waals surface area (Å²) < 4.78 is 40.7. The van der Waals surface area contributed by atoms with Crippen molar-refractivity contribution in [3.63, 3.8) is 0 Å². The van der Waals surface area contributed by atoms with Crippen LogP contribution in [0.4, 0.5) is 41.2 Å². The Labute approximate surface area is 232 Å². The summed E-state index contributed by atoms with van der Waals surface area (Å²) in [7, 11) is 0. The van der Waals surface area contributed by atoms with E-state index in [-0.39, 0.29) is 50.6 Å². The molecule has 0 unspecified atom stereocenters. The number of nitrogens with one attached hydrogen (secondary N) is 3. The molecule has 2 saturated heterocycles. The van der Waals surface area contributed by atoms with Crippen molar-refractivity contribution in [2.45, 2.75) is 6.10 Å². The van der Waals surface area contributed by atoms with E-state index in [1.165, 1.54) is 21.1 Å². The van der Waals surface area contributed by atoms with Crippen molar-refractivity contribution in [1.82, 2.24) is 20.6 Å². The predicted octanol–water partition coefficient (Wildman–Crippen LogP) is 3.80. The van der Waals surface area contributed by atoms with Crippen LogP contribution in [0.2, 0.25) is 0 Å². The summed E-state index contributed by atoms with van der Waals surface area (Å²) in [6, 6.07) is 12.6. The maximum Gasteiger partial charge on any atom is 0.414 e. The predicted molar refractivity (Wildman–Crippen MR) is 147 cm³/mol. The van der Waals surface area contributed by atoms with Crippen molar-refractivity contribution in [2.75, 3.05) is 59.7 Å². The second-order valence-electron chi connectivity index (χ2n) is 9.53. The molecule has 0 saturated carbocycles. The molecule has 2 aliphatic heterocycles. The number of carbonyl (C=O) groups is 2. The summed E-state index contributed by atoms with van der Waals surface area (Å²) in [6.07, 6.45) is 1.85. The van der Waals surface area contributed by atoms with Crippen LogP contribution in [0.1, 0.15) is 0 Å². The summed E-state index contributed by atoms with van der Waals surface area (Å²) in [5.41, 5.74) is 4.24. The third kappa shape index (κ3) is 5.68. The molecule has 0 spiro atoms. The molecule has 4 heterocycles. The second-order valence-corrected chi connectivity index (χ2v) is 9.53. The van der Waals surface area contributed by atoms with Gasteiger partial charge in [0.25, 0.3) is 0 Å². The van der Waals surface area contributed by atoms with Gasteiger partial charge in [-0.2, -0.15) is 0 Å². The van der Waals surface area contributed by atoms with Gasteiger partial charge in [0, 0.05) is 55.1 Å². The van der Waals surface area contributed by atoms with Crippen molar-refractivity contribution < 1.29 is 27.6 Å². The minimum absolute atomic E-state index is 0.0530. The molecule has 0 radical (unpaired) electrons. The van der Waals surface area contributed by atoms with Gasteiger partial charge in [0.1, 0.15) is 18.1 Å². The van der Waals surface area contributed by atoms with Crippen molar-refractivity contribution in [3.8, 4) is 0 Å². The van der Waals surface area contributed by atoms with E-state index < -0.39 is 29.9 Å². The fourth-order valence-corrected chi connectivity index (χ4v) is 4.84. The first-order chi connectivity index (χ1) is 19.9. The number of rotatable bonds is 6. The number of amides is 3. The van der Waals surface area contributed by atoms with Gasteiger partial charge in [-0.05, 0) is 24.3 Å². The van der Waals surface area contributed by atoms with Gasteiger partial charge in [0.2, 0.25) is 0 Å². The summed E-state index contributed by atoms with van der Waals surface area (Å²) in [4.78, 5) is 32.3. The number of urea groups is 1. The molecule has 0 bridgehead atoms. The van der Waals surface area contributed by atoms with Gasteiger partial charge in [-0.25, -0.2) is 23.8 Å². The molecule has 2 aromatic heterocycles. The maximum atomic E-state index is 15.3. The molecule has 3 amide bonds. The molecule has 212 valence electrons. The van der Waals surface area contributed by atoms with Crippen LogP contribution in [-0.2, 0) is 4.74 Å². The van der Waals surface area contributed by atoms with Crippen molar-refractivity contribution >= 4 is 45.9 Å². The normalized spacial score (nSPS) is 17.5. The second kappa shape index (κ2) is 11.3. The van der Waals surface area contributed by atoms with E-state index in [1.807, 2.05) is 24.3 Å². The molecular formula is C27H26F2N8O4. The molecule has 0 aliphatic carbocycles. The summed E-state index contributed by atoms with van der Waals surface area (Å²) in [5, 5.41) is 11.8. The summed E-state index contributed by atoms with van der Waals surface area (Å²) in [5.74, 6) is -1.16. The third-order valence-electron chi connectivity index (χ3n) is 6.83. The van der Waals surface area contributed by atoms with E-state index in [9.17, 15) is 9.59 Å². The minimum atomic E-state index is -0.820. The highest BCUT2D eigenvalue weighted by atomic mass is 19.1. The number of nitrogens with zero attached hydrogens (tertiary/aromatic N) is 5. The molecule has 2 aromatic carbocycles. The van der Waals surface area contributed by atoms with E-state index in [4.69, 9.17) is 9.26 Å². The number of halogens is 2. The number of ether oxygens (including phenoxy) is 1. The standard InChI is InChI=1S/C27H26F2N8O4/c28-21-13-19(36-16-20(41-27(36)39)15-31-24-5-11-40-34-24)14-22(29)25(21)35-8-7-32-37(10-9-35)26(38)33-18-3-4-23-17(12-18)2-1-6-30-23/h1-6,11-14,20,32H,7-10,15-16H2,(H,31,34)(H,33,38)/t20-/m0/s1. The topological polar surface area (TPSA) is 128 Å². The van der Waals surface area contributed by atoms with E-state index in [0.717, 1.165) is 23.0 Å². The Bertz CT molecular complexity index is 1550. The van der Waals surface area contributed by atoms with Crippen LogP contribution < -0.4 is 25.9 Å². The maximum absolute atomic E-state index is 15.3. The number of benzene rings is 2. The molecular weight excluding hydrogens is 538 g/mol. The average Bonchev–Trinajstić information content (AvgIpc) is 3.55. The van der Waals surface area contributed by atoms with Crippen LogP contribution in [0.15, 0.2) is 65.5 Å². The van der Waals surface area contributed by atoms with Gasteiger partial charge in [-0.1, -0.05) is 11.2 Å². The van der Waals surface area contributed by atoms with Gasteiger partial charge in [0.05, 0.1) is 30.8 Å². The lowest BCUT2D eigenvalue weighted by atomic mass is 10.2. The SMILES string of the molecule is O=C(Nc1ccc2ncccc2c1)N1CCN(c2c(F)cc(N3C[C@H](CNc4ccon4)OC3=O)cc2F)CCN1. The fraction of sp³-hybridized carbons (Fsp3) is 0.259. The molecule has 6 rings (SSSR count). The number of hydrogen-bond donors (Lipinski definition) is 3. The van der Waals surface area contributed by atoms with Gasteiger partial charge >= 0.3 is 12.1 Å². The lowest BCUT2D eigenvalue weighted by molar-refractivity contribution is 0.147. The zero-order chi connectivity index (χ0) is 28.3. The number of pyridine rings is 1. The van der Waals surface area contributed by atoms with Crippen LogP contribution in [0.5, 0.6) is 0 Å². The minimum Gasteiger partial charge on any atom is -0.442 e. The van der Waals surface area contributed by atoms with Gasteiger partial charge in [0.15, 0.2) is 17.5 Å². The quantitative estimate of drug-likeness (QED) is 0.320. The van der Waals surface area contributed by atoms with Crippen LogP contribution in [-0.4, -0.2) is 72.6 Å². The lowest BCUT2D eigenvalue weighted by Crippen LogP contribution is -2.46. The summed E-state index contributed by atoms with van der Waals surface area (Å²) in [6.45, 7) is 1.22.